The molecule has 0 aliphatic rings. The molecule has 0 aliphatic carbocycles. The van der Waals surface area contributed by atoms with Crippen LogP contribution in [0.3, 0.4) is 0 Å². The number of primary amides is 1. The third-order valence-corrected chi connectivity index (χ3v) is 2.04. The van der Waals surface area contributed by atoms with Crippen LogP contribution in [0.25, 0.3) is 0 Å². The summed E-state index contributed by atoms with van der Waals surface area (Å²) in [6.07, 6.45) is 0.388. The molecule has 3 N–H and O–H groups in total. The molecule has 0 unspecified atom stereocenters. The fourth-order valence-corrected chi connectivity index (χ4v) is 1.46. The first-order chi connectivity index (χ1) is 6.16. The summed E-state index contributed by atoms with van der Waals surface area (Å²) in [7, 11) is 0. The van der Waals surface area contributed by atoms with Crippen LogP contribution in [0, 0.1) is 0 Å². The Hall–Kier alpha value is -1.06. The summed E-state index contributed by atoms with van der Waals surface area (Å²) in [6, 6.07) is 5.05. The zero-order chi connectivity index (χ0) is 9.84. The average Bonchev–Trinajstić information content (AvgIpc) is 2.04. The first kappa shape index (κ1) is 10.0. The molecule has 0 saturated carbocycles. The number of hydrogen-bond donors (Lipinski definition) is 2. The van der Waals surface area contributed by atoms with Gasteiger partial charge in [0.15, 0.2) is 0 Å². The second-order valence-electron chi connectivity index (χ2n) is 2.61. The molecule has 0 fully saturated rings. The van der Waals surface area contributed by atoms with Crippen molar-refractivity contribution in [1.82, 2.24) is 0 Å². The molecular formula is C9H10ClNO2. The van der Waals surface area contributed by atoms with Crippen molar-refractivity contribution in [3.63, 3.8) is 0 Å². The summed E-state index contributed by atoms with van der Waals surface area (Å²) in [6.45, 7) is -0.0272. The molecule has 13 heavy (non-hydrogen) atoms. The first-order valence-corrected chi connectivity index (χ1v) is 4.22. The molecule has 3 nitrogen and oxygen atoms in total. The van der Waals surface area contributed by atoms with Crippen molar-refractivity contribution in [2.45, 2.75) is 6.42 Å². The average molecular weight is 200 g/mol. The molecule has 0 spiro atoms. The van der Waals surface area contributed by atoms with Crippen molar-refractivity contribution in [3.05, 3.63) is 34.3 Å². The molecule has 0 radical (unpaired) electrons. The number of carbonyl (C=O) groups is 1. The maximum Gasteiger partial charge on any atom is 0.250 e. The normalized spacial score (nSPS) is 10.0. The van der Waals surface area contributed by atoms with Crippen LogP contribution in [0.5, 0.6) is 0 Å². The van der Waals surface area contributed by atoms with E-state index in [0.29, 0.717) is 22.6 Å². The Kier molecular flexibility index (Phi) is 3.28. The third kappa shape index (κ3) is 2.20. The van der Waals surface area contributed by atoms with Gasteiger partial charge < -0.3 is 10.8 Å². The molecule has 0 aromatic heterocycles. The van der Waals surface area contributed by atoms with Crippen LogP contribution in [0.15, 0.2) is 18.2 Å². The Morgan fingerprint density at radius 3 is 2.77 bits per heavy atom. The Bertz CT molecular complexity index is 325. The Labute approximate surface area is 81.1 Å². The predicted molar refractivity (Wildman–Crippen MR) is 50.8 cm³/mol. The summed E-state index contributed by atoms with van der Waals surface area (Å²) in [4.78, 5) is 11.0. The van der Waals surface area contributed by atoms with Crippen molar-refractivity contribution < 1.29 is 9.90 Å². The lowest BCUT2D eigenvalue weighted by atomic mass is 10.0. The molecule has 0 bridgehead atoms. The van der Waals surface area contributed by atoms with Crippen molar-refractivity contribution in [1.29, 1.82) is 0 Å². The number of amides is 1. The molecule has 70 valence electrons. The molecule has 1 amide bonds. The molecule has 0 atom stereocenters. The van der Waals surface area contributed by atoms with Gasteiger partial charge in [0, 0.05) is 6.61 Å². The van der Waals surface area contributed by atoms with Gasteiger partial charge in [0.1, 0.15) is 0 Å². The summed E-state index contributed by atoms with van der Waals surface area (Å²) < 4.78 is 0. The van der Waals surface area contributed by atoms with Gasteiger partial charge in [-0.3, -0.25) is 4.79 Å². The zero-order valence-electron chi connectivity index (χ0n) is 6.96. The highest BCUT2D eigenvalue weighted by atomic mass is 35.5. The standard InChI is InChI=1S/C9H10ClNO2/c10-7-3-1-2-6(4-5-12)8(7)9(11)13/h1-3,12H,4-5H2,(H2,11,13). The molecule has 1 aromatic rings. The molecule has 0 saturated heterocycles. The van der Waals surface area contributed by atoms with Crippen LogP contribution in [-0.2, 0) is 6.42 Å². The van der Waals surface area contributed by atoms with Crippen LogP contribution in [-0.4, -0.2) is 17.6 Å². The summed E-state index contributed by atoms with van der Waals surface area (Å²) >= 11 is 5.78. The predicted octanol–water partition coefficient (Wildman–Crippen LogP) is 0.974. The minimum absolute atomic E-state index is 0.0272. The number of aliphatic hydroxyl groups is 1. The second-order valence-corrected chi connectivity index (χ2v) is 3.02. The van der Waals surface area contributed by atoms with Crippen LogP contribution in [0.1, 0.15) is 15.9 Å². The largest absolute Gasteiger partial charge is 0.396 e. The minimum atomic E-state index is -0.561. The maximum absolute atomic E-state index is 11.0. The van der Waals surface area contributed by atoms with E-state index in [1.807, 2.05) is 0 Å². The fraction of sp³-hybridized carbons (Fsp3) is 0.222. The second kappa shape index (κ2) is 4.25. The number of carbonyl (C=O) groups excluding carboxylic acids is 1. The van der Waals surface area contributed by atoms with Gasteiger partial charge in [-0.25, -0.2) is 0 Å². The van der Waals surface area contributed by atoms with E-state index < -0.39 is 5.91 Å². The van der Waals surface area contributed by atoms with Crippen LogP contribution >= 0.6 is 11.6 Å². The highest BCUT2D eigenvalue weighted by molar-refractivity contribution is 6.34. The van der Waals surface area contributed by atoms with Crippen LogP contribution in [0.2, 0.25) is 5.02 Å². The van der Waals surface area contributed by atoms with Crippen LogP contribution < -0.4 is 5.73 Å². The lowest BCUT2D eigenvalue weighted by Gasteiger charge is -2.06. The smallest absolute Gasteiger partial charge is 0.250 e. The highest BCUT2D eigenvalue weighted by Crippen LogP contribution is 2.19. The number of hydrogen-bond acceptors (Lipinski definition) is 2. The lowest BCUT2D eigenvalue weighted by molar-refractivity contribution is 0.0999. The van der Waals surface area contributed by atoms with Crippen molar-refractivity contribution in [2.75, 3.05) is 6.61 Å². The molecule has 0 heterocycles. The van der Waals surface area contributed by atoms with E-state index in [1.165, 1.54) is 0 Å². The fourth-order valence-electron chi connectivity index (χ4n) is 1.17. The number of rotatable bonds is 3. The molecule has 1 aromatic carbocycles. The maximum atomic E-state index is 11.0. The zero-order valence-corrected chi connectivity index (χ0v) is 7.71. The SMILES string of the molecule is NC(=O)c1c(Cl)cccc1CCO. The van der Waals surface area contributed by atoms with E-state index in [-0.39, 0.29) is 6.61 Å². The molecule has 1 rings (SSSR count). The van der Waals surface area contributed by atoms with E-state index >= 15 is 0 Å². The van der Waals surface area contributed by atoms with E-state index in [2.05, 4.69) is 0 Å². The Morgan fingerprint density at radius 1 is 1.54 bits per heavy atom. The topological polar surface area (TPSA) is 63.3 Å². The van der Waals surface area contributed by atoms with Gasteiger partial charge in [0.05, 0.1) is 10.6 Å². The van der Waals surface area contributed by atoms with E-state index in [9.17, 15) is 4.79 Å². The van der Waals surface area contributed by atoms with Gasteiger partial charge in [-0.15, -0.1) is 0 Å². The molecular weight excluding hydrogens is 190 g/mol. The van der Waals surface area contributed by atoms with E-state index in [1.54, 1.807) is 18.2 Å². The number of benzene rings is 1. The van der Waals surface area contributed by atoms with Gasteiger partial charge in [-0.05, 0) is 18.1 Å². The van der Waals surface area contributed by atoms with Gasteiger partial charge in [0.2, 0.25) is 5.91 Å². The summed E-state index contributed by atoms with van der Waals surface area (Å²) in [5, 5.41) is 9.05. The monoisotopic (exact) mass is 199 g/mol. The van der Waals surface area contributed by atoms with Crippen molar-refractivity contribution >= 4 is 17.5 Å². The van der Waals surface area contributed by atoms with Crippen LogP contribution in [0.4, 0.5) is 0 Å². The number of nitrogens with two attached hydrogens (primary N) is 1. The third-order valence-electron chi connectivity index (χ3n) is 1.73. The van der Waals surface area contributed by atoms with Crippen molar-refractivity contribution in [3.8, 4) is 0 Å². The minimum Gasteiger partial charge on any atom is -0.396 e. The van der Waals surface area contributed by atoms with Gasteiger partial charge >= 0.3 is 0 Å². The number of aliphatic hydroxyl groups excluding tert-OH is 1. The quantitative estimate of drug-likeness (QED) is 0.762. The van der Waals surface area contributed by atoms with E-state index in [0.717, 1.165) is 0 Å². The Balaban J connectivity index is 3.17. The van der Waals surface area contributed by atoms with Gasteiger partial charge in [0.25, 0.3) is 0 Å². The molecule has 0 aliphatic heterocycles. The highest BCUT2D eigenvalue weighted by Gasteiger charge is 2.11. The molecule has 4 heteroatoms. The Morgan fingerprint density at radius 2 is 2.23 bits per heavy atom. The lowest BCUT2D eigenvalue weighted by Crippen LogP contribution is -2.15. The summed E-state index contributed by atoms with van der Waals surface area (Å²) in [5.41, 5.74) is 6.13. The van der Waals surface area contributed by atoms with E-state index in [4.69, 9.17) is 22.4 Å². The first-order valence-electron chi connectivity index (χ1n) is 3.85. The van der Waals surface area contributed by atoms with Crippen molar-refractivity contribution in [2.24, 2.45) is 5.73 Å². The number of halogens is 1. The summed E-state index contributed by atoms with van der Waals surface area (Å²) in [5.74, 6) is -0.561. The van der Waals surface area contributed by atoms with Gasteiger partial charge in [-0.1, -0.05) is 23.7 Å². The van der Waals surface area contributed by atoms with Gasteiger partial charge in [-0.2, -0.15) is 0 Å².